The summed E-state index contributed by atoms with van der Waals surface area (Å²) in [6.07, 6.45) is 0.597. The number of nitrogens with one attached hydrogen (secondary N) is 1. The van der Waals surface area contributed by atoms with Crippen molar-refractivity contribution in [1.82, 2.24) is 4.98 Å². The summed E-state index contributed by atoms with van der Waals surface area (Å²) < 4.78 is 0. The number of aromatic carboxylic acids is 1. The number of benzene rings is 1. The highest BCUT2D eigenvalue weighted by Crippen LogP contribution is 2.21. The molecule has 0 bridgehead atoms. The first-order valence-corrected chi connectivity index (χ1v) is 6.52. The van der Waals surface area contributed by atoms with Gasteiger partial charge in [-0.15, -0.1) is 0 Å². The van der Waals surface area contributed by atoms with Gasteiger partial charge in [-0.25, -0.2) is 9.78 Å². The fraction of sp³-hybridized carbons (Fsp3) is 0.333. The summed E-state index contributed by atoms with van der Waals surface area (Å²) in [5, 5.41) is 22.8. The van der Waals surface area contributed by atoms with Gasteiger partial charge >= 0.3 is 5.97 Å². The Morgan fingerprint density at radius 1 is 1.40 bits per heavy atom. The van der Waals surface area contributed by atoms with Crippen molar-refractivity contribution in [3.8, 4) is 0 Å². The lowest BCUT2D eigenvalue weighted by atomic mass is 10.0. The van der Waals surface area contributed by atoms with Crippen molar-refractivity contribution >= 4 is 22.7 Å². The van der Waals surface area contributed by atoms with Gasteiger partial charge in [0.2, 0.25) is 0 Å². The van der Waals surface area contributed by atoms with E-state index in [0.717, 1.165) is 0 Å². The van der Waals surface area contributed by atoms with Gasteiger partial charge in [0.1, 0.15) is 5.82 Å². The second-order valence-electron chi connectivity index (χ2n) is 5.08. The predicted octanol–water partition coefficient (Wildman–Crippen LogP) is 2.51. The first-order valence-electron chi connectivity index (χ1n) is 6.52. The van der Waals surface area contributed by atoms with Crippen LogP contribution in [0.25, 0.3) is 10.9 Å². The number of fused-ring (bicyclic) bond motifs is 1. The van der Waals surface area contributed by atoms with Gasteiger partial charge in [-0.2, -0.15) is 0 Å². The number of rotatable bonds is 5. The van der Waals surface area contributed by atoms with E-state index in [4.69, 9.17) is 0 Å². The zero-order valence-corrected chi connectivity index (χ0v) is 11.6. The third kappa shape index (κ3) is 3.05. The third-order valence-corrected chi connectivity index (χ3v) is 3.36. The minimum atomic E-state index is -0.992. The quantitative estimate of drug-likeness (QED) is 0.780. The maximum Gasteiger partial charge on any atom is 0.336 e. The number of pyridine rings is 1. The van der Waals surface area contributed by atoms with E-state index in [1.807, 2.05) is 13.0 Å². The molecule has 0 saturated carbocycles. The Labute approximate surface area is 117 Å². The molecule has 106 valence electrons. The highest BCUT2D eigenvalue weighted by Gasteiger charge is 2.18. The molecule has 0 radical (unpaired) electrons. The molecule has 0 aliphatic rings. The molecule has 2 rings (SSSR count). The van der Waals surface area contributed by atoms with E-state index < -0.39 is 11.6 Å². The summed E-state index contributed by atoms with van der Waals surface area (Å²) in [5.74, 6) is -0.538. The lowest BCUT2D eigenvalue weighted by Gasteiger charge is -2.22. The Morgan fingerprint density at radius 3 is 2.75 bits per heavy atom. The normalized spacial score (nSPS) is 13.9. The minimum Gasteiger partial charge on any atom is -0.478 e. The second-order valence-corrected chi connectivity index (χ2v) is 5.08. The molecular weight excluding hydrogens is 256 g/mol. The highest BCUT2D eigenvalue weighted by atomic mass is 16.4. The molecule has 1 aromatic carbocycles. The van der Waals surface area contributed by atoms with E-state index in [0.29, 0.717) is 29.7 Å². The molecule has 1 heterocycles. The first kappa shape index (κ1) is 14.3. The number of anilines is 1. The van der Waals surface area contributed by atoms with Crippen molar-refractivity contribution in [2.24, 2.45) is 0 Å². The first-order chi connectivity index (χ1) is 9.43. The fourth-order valence-electron chi connectivity index (χ4n) is 1.85. The van der Waals surface area contributed by atoms with Gasteiger partial charge in [-0.05, 0) is 25.5 Å². The molecule has 0 saturated heterocycles. The van der Waals surface area contributed by atoms with Gasteiger partial charge in [0, 0.05) is 11.9 Å². The van der Waals surface area contributed by atoms with E-state index in [-0.39, 0.29) is 5.56 Å². The van der Waals surface area contributed by atoms with Gasteiger partial charge in [0.05, 0.1) is 16.7 Å². The summed E-state index contributed by atoms with van der Waals surface area (Å²) >= 11 is 0. The predicted molar refractivity (Wildman–Crippen MR) is 78.1 cm³/mol. The van der Waals surface area contributed by atoms with Crippen LogP contribution in [0.15, 0.2) is 30.3 Å². The lowest BCUT2D eigenvalue weighted by Crippen LogP contribution is -2.32. The van der Waals surface area contributed by atoms with E-state index in [1.54, 1.807) is 25.1 Å². The van der Waals surface area contributed by atoms with Crippen molar-refractivity contribution in [2.75, 3.05) is 11.9 Å². The van der Waals surface area contributed by atoms with Crippen LogP contribution in [0, 0.1) is 0 Å². The molecule has 0 fully saturated rings. The smallest absolute Gasteiger partial charge is 0.336 e. The molecule has 2 aromatic rings. The van der Waals surface area contributed by atoms with E-state index >= 15 is 0 Å². The van der Waals surface area contributed by atoms with Crippen LogP contribution in [0.5, 0.6) is 0 Å². The molecule has 1 atom stereocenters. The highest BCUT2D eigenvalue weighted by molar-refractivity contribution is 6.03. The topological polar surface area (TPSA) is 82.5 Å². The summed E-state index contributed by atoms with van der Waals surface area (Å²) in [7, 11) is 0. The fourth-order valence-corrected chi connectivity index (χ4v) is 1.85. The van der Waals surface area contributed by atoms with Crippen molar-refractivity contribution < 1.29 is 15.0 Å². The van der Waals surface area contributed by atoms with Gasteiger partial charge in [0.25, 0.3) is 0 Å². The van der Waals surface area contributed by atoms with Crippen LogP contribution in [0.1, 0.15) is 30.6 Å². The standard InChI is InChI=1S/C15H18N2O3/c1-3-15(2,20)9-16-13-8-11(14(18)19)10-6-4-5-7-12(10)17-13/h4-8,20H,3,9H2,1-2H3,(H,16,17)(H,18,19). The summed E-state index contributed by atoms with van der Waals surface area (Å²) in [4.78, 5) is 15.7. The summed E-state index contributed by atoms with van der Waals surface area (Å²) in [5.41, 5.74) is -0.0308. The Morgan fingerprint density at radius 2 is 2.10 bits per heavy atom. The Balaban J connectivity index is 2.38. The number of carboxylic acids is 1. The van der Waals surface area contributed by atoms with Crippen LogP contribution in [0.4, 0.5) is 5.82 Å². The molecule has 1 aromatic heterocycles. The van der Waals surface area contributed by atoms with Gasteiger partial charge < -0.3 is 15.5 Å². The average Bonchev–Trinajstić information content (AvgIpc) is 2.44. The van der Waals surface area contributed by atoms with Crippen LogP contribution in [0.3, 0.4) is 0 Å². The number of hydrogen-bond donors (Lipinski definition) is 3. The molecule has 1 unspecified atom stereocenters. The molecule has 0 aliphatic carbocycles. The van der Waals surface area contributed by atoms with Crippen LogP contribution in [0.2, 0.25) is 0 Å². The summed E-state index contributed by atoms with van der Waals surface area (Å²) in [6, 6.07) is 8.59. The second kappa shape index (κ2) is 5.46. The Bertz CT molecular complexity index is 638. The maximum atomic E-state index is 11.3. The number of hydrogen-bond acceptors (Lipinski definition) is 4. The zero-order valence-electron chi connectivity index (χ0n) is 11.6. The van der Waals surface area contributed by atoms with Crippen LogP contribution >= 0.6 is 0 Å². The third-order valence-electron chi connectivity index (χ3n) is 3.36. The van der Waals surface area contributed by atoms with Crippen molar-refractivity contribution in [3.05, 3.63) is 35.9 Å². The number of carboxylic acid groups (broad SMARTS) is 1. The monoisotopic (exact) mass is 274 g/mol. The molecule has 20 heavy (non-hydrogen) atoms. The average molecular weight is 274 g/mol. The van der Waals surface area contributed by atoms with Crippen LogP contribution in [-0.4, -0.2) is 33.3 Å². The van der Waals surface area contributed by atoms with Gasteiger partial charge in [-0.1, -0.05) is 25.1 Å². The van der Waals surface area contributed by atoms with Crippen molar-refractivity contribution in [3.63, 3.8) is 0 Å². The number of aliphatic hydroxyl groups is 1. The molecule has 0 spiro atoms. The van der Waals surface area contributed by atoms with Gasteiger partial charge in [-0.3, -0.25) is 0 Å². The van der Waals surface area contributed by atoms with E-state index in [1.165, 1.54) is 6.07 Å². The zero-order chi connectivity index (χ0) is 14.8. The molecule has 5 heteroatoms. The minimum absolute atomic E-state index is 0.203. The Kier molecular flexibility index (Phi) is 3.90. The number of para-hydroxylation sites is 1. The number of carbonyl (C=O) groups is 1. The van der Waals surface area contributed by atoms with Crippen LogP contribution < -0.4 is 5.32 Å². The Hall–Kier alpha value is -2.14. The SMILES string of the molecule is CCC(C)(O)CNc1cc(C(=O)O)c2ccccc2n1. The van der Waals surface area contributed by atoms with Crippen molar-refractivity contribution in [1.29, 1.82) is 0 Å². The molecular formula is C15H18N2O3. The van der Waals surface area contributed by atoms with Crippen LogP contribution in [-0.2, 0) is 0 Å². The molecule has 0 amide bonds. The molecule has 5 nitrogen and oxygen atoms in total. The summed E-state index contributed by atoms with van der Waals surface area (Å²) in [6.45, 7) is 3.92. The van der Waals surface area contributed by atoms with Gasteiger partial charge in [0.15, 0.2) is 0 Å². The lowest BCUT2D eigenvalue weighted by molar-refractivity contribution is 0.0694. The number of nitrogens with zero attached hydrogens (tertiary/aromatic N) is 1. The maximum absolute atomic E-state index is 11.3. The van der Waals surface area contributed by atoms with E-state index in [2.05, 4.69) is 10.3 Å². The molecule has 0 aliphatic heterocycles. The van der Waals surface area contributed by atoms with E-state index in [9.17, 15) is 15.0 Å². The largest absolute Gasteiger partial charge is 0.478 e. The van der Waals surface area contributed by atoms with Crippen molar-refractivity contribution in [2.45, 2.75) is 25.9 Å². The molecule has 3 N–H and O–H groups in total. The number of aromatic nitrogens is 1.